The van der Waals surface area contributed by atoms with Gasteiger partial charge in [0.1, 0.15) is 0 Å². The third-order valence-electron chi connectivity index (χ3n) is 3.38. The summed E-state index contributed by atoms with van der Waals surface area (Å²) < 4.78 is 0. The van der Waals surface area contributed by atoms with Crippen LogP contribution in [0.3, 0.4) is 0 Å². The molecule has 2 aliphatic rings. The van der Waals surface area contributed by atoms with Crippen molar-refractivity contribution in [3.8, 4) is 0 Å². The molecule has 0 bridgehead atoms. The molecule has 3 nitrogen and oxygen atoms in total. The minimum Gasteiger partial charge on any atom is -0.330 e. The number of rotatable bonds is 1. The summed E-state index contributed by atoms with van der Waals surface area (Å²) in [5.74, 6) is -0.0271. The van der Waals surface area contributed by atoms with Crippen LogP contribution in [0, 0.1) is 5.92 Å². The van der Waals surface area contributed by atoms with Gasteiger partial charge in [-0.1, -0.05) is 24.8 Å². The van der Waals surface area contributed by atoms with Crippen molar-refractivity contribution < 1.29 is 4.79 Å². The van der Waals surface area contributed by atoms with Crippen molar-refractivity contribution in [3.05, 3.63) is 42.1 Å². The number of piperidine rings is 1. The molecular weight excluding hydrogens is 212 g/mol. The Hall–Kier alpha value is -1.90. The van der Waals surface area contributed by atoms with Crippen LogP contribution in [0.2, 0.25) is 0 Å². The van der Waals surface area contributed by atoms with Crippen molar-refractivity contribution in [2.75, 3.05) is 0 Å². The molecule has 1 saturated heterocycles. The minimum atomic E-state index is -0.0760. The van der Waals surface area contributed by atoms with Crippen LogP contribution in [0.15, 0.2) is 41.5 Å². The number of carbonyl (C=O) groups excluding carboxylic acids is 1. The molecule has 1 atom stereocenters. The Labute approximate surface area is 100 Å². The lowest BCUT2D eigenvalue weighted by molar-refractivity contribution is -0.123. The van der Waals surface area contributed by atoms with Gasteiger partial charge in [0.25, 0.3) is 0 Å². The molecule has 1 N–H and O–H groups in total. The van der Waals surface area contributed by atoms with Gasteiger partial charge in [0, 0.05) is 17.8 Å². The van der Waals surface area contributed by atoms with E-state index in [1.807, 2.05) is 18.2 Å². The number of amides is 1. The standard InChI is InChI=1S/C14H14N2O/c1-9-6-7-11(14(17)15-9)13-8-10-4-2-3-5-12(10)16-13/h2-5,11H,1,6-8H2,(H,15,17). The van der Waals surface area contributed by atoms with E-state index in [0.29, 0.717) is 0 Å². The van der Waals surface area contributed by atoms with E-state index in [2.05, 4.69) is 23.0 Å². The van der Waals surface area contributed by atoms with Crippen molar-refractivity contribution in [1.82, 2.24) is 5.32 Å². The number of fused-ring (bicyclic) bond motifs is 1. The molecule has 0 aliphatic carbocycles. The maximum absolute atomic E-state index is 11.9. The highest BCUT2D eigenvalue weighted by Gasteiger charge is 2.31. The quantitative estimate of drug-likeness (QED) is 0.784. The largest absolute Gasteiger partial charge is 0.330 e. The third-order valence-corrected chi connectivity index (χ3v) is 3.38. The van der Waals surface area contributed by atoms with Crippen LogP contribution < -0.4 is 5.32 Å². The minimum absolute atomic E-state index is 0.0489. The molecule has 86 valence electrons. The summed E-state index contributed by atoms with van der Waals surface area (Å²) in [4.78, 5) is 16.5. The number of nitrogens with one attached hydrogen (secondary N) is 1. The van der Waals surface area contributed by atoms with E-state index in [1.165, 1.54) is 5.56 Å². The molecule has 0 aromatic heterocycles. The van der Waals surface area contributed by atoms with E-state index >= 15 is 0 Å². The van der Waals surface area contributed by atoms with Gasteiger partial charge in [0.15, 0.2) is 0 Å². The molecule has 2 aliphatic heterocycles. The normalized spacial score (nSPS) is 23.1. The second kappa shape index (κ2) is 3.84. The number of para-hydroxylation sites is 1. The van der Waals surface area contributed by atoms with Crippen LogP contribution in [0.4, 0.5) is 5.69 Å². The SMILES string of the molecule is C=C1CCC(C2=Nc3ccccc3C2)C(=O)N1. The number of benzene rings is 1. The first kappa shape index (κ1) is 10.3. The lowest BCUT2D eigenvalue weighted by Gasteiger charge is -2.23. The van der Waals surface area contributed by atoms with Crippen LogP contribution in [0.5, 0.6) is 0 Å². The highest BCUT2D eigenvalue weighted by atomic mass is 16.2. The predicted octanol–water partition coefficient (Wildman–Crippen LogP) is 2.36. The fourth-order valence-corrected chi connectivity index (χ4v) is 2.45. The summed E-state index contributed by atoms with van der Waals surface area (Å²) >= 11 is 0. The predicted molar refractivity (Wildman–Crippen MR) is 67.2 cm³/mol. The van der Waals surface area contributed by atoms with Crippen molar-refractivity contribution in [2.24, 2.45) is 10.9 Å². The number of carbonyl (C=O) groups is 1. The van der Waals surface area contributed by atoms with Crippen LogP contribution in [-0.4, -0.2) is 11.6 Å². The molecule has 0 spiro atoms. The van der Waals surface area contributed by atoms with E-state index in [4.69, 9.17) is 0 Å². The van der Waals surface area contributed by atoms with E-state index < -0.39 is 0 Å². The summed E-state index contributed by atoms with van der Waals surface area (Å²) in [7, 11) is 0. The van der Waals surface area contributed by atoms with Crippen LogP contribution in [0.25, 0.3) is 0 Å². The van der Waals surface area contributed by atoms with Gasteiger partial charge in [-0.05, 0) is 24.5 Å². The van der Waals surface area contributed by atoms with E-state index in [-0.39, 0.29) is 11.8 Å². The monoisotopic (exact) mass is 226 g/mol. The van der Waals surface area contributed by atoms with Gasteiger partial charge >= 0.3 is 0 Å². The lowest BCUT2D eigenvalue weighted by atomic mass is 9.90. The smallest absolute Gasteiger partial charge is 0.232 e. The third kappa shape index (κ3) is 1.78. The van der Waals surface area contributed by atoms with Crippen molar-refractivity contribution in [3.63, 3.8) is 0 Å². The maximum Gasteiger partial charge on any atom is 0.232 e. The number of aliphatic imine (C=N–C) groups is 1. The van der Waals surface area contributed by atoms with Gasteiger partial charge in [0.05, 0.1) is 11.6 Å². The fraction of sp³-hybridized carbons (Fsp3) is 0.286. The van der Waals surface area contributed by atoms with Crippen LogP contribution in [0.1, 0.15) is 18.4 Å². The van der Waals surface area contributed by atoms with Crippen LogP contribution >= 0.6 is 0 Å². The van der Waals surface area contributed by atoms with E-state index in [0.717, 1.165) is 36.4 Å². The fourth-order valence-electron chi connectivity index (χ4n) is 2.45. The summed E-state index contributed by atoms with van der Waals surface area (Å²) in [6.07, 6.45) is 2.49. The van der Waals surface area contributed by atoms with Gasteiger partial charge in [-0.15, -0.1) is 0 Å². The van der Waals surface area contributed by atoms with E-state index in [1.54, 1.807) is 0 Å². The first-order valence-electron chi connectivity index (χ1n) is 5.88. The van der Waals surface area contributed by atoms with Gasteiger partial charge in [-0.2, -0.15) is 0 Å². The molecule has 1 fully saturated rings. The molecule has 0 radical (unpaired) electrons. The Bertz CT molecular complexity index is 531. The Balaban J connectivity index is 1.84. The Morgan fingerprint density at radius 3 is 2.94 bits per heavy atom. The lowest BCUT2D eigenvalue weighted by Crippen LogP contribution is -2.39. The Morgan fingerprint density at radius 1 is 1.35 bits per heavy atom. The molecule has 1 unspecified atom stereocenters. The highest BCUT2D eigenvalue weighted by molar-refractivity contribution is 6.08. The summed E-state index contributed by atoms with van der Waals surface area (Å²) in [6.45, 7) is 3.79. The number of hydrogen-bond donors (Lipinski definition) is 1. The van der Waals surface area contributed by atoms with Gasteiger partial charge in [0.2, 0.25) is 5.91 Å². The summed E-state index contributed by atoms with van der Waals surface area (Å²) in [6, 6.07) is 8.07. The zero-order chi connectivity index (χ0) is 11.8. The summed E-state index contributed by atoms with van der Waals surface area (Å²) in [5.41, 5.74) is 4.05. The highest BCUT2D eigenvalue weighted by Crippen LogP contribution is 2.31. The number of allylic oxidation sites excluding steroid dienone is 1. The molecule has 1 aromatic rings. The Morgan fingerprint density at radius 2 is 2.18 bits per heavy atom. The van der Waals surface area contributed by atoms with Gasteiger partial charge in [-0.3, -0.25) is 9.79 Å². The summed E-state index contributed by atoms with van der Waals surface area (Å²) in [5, 5.41) is 2.82. The maximum atomic E-state index is 11.9. The van der Waals surface area contributed by atoms with Crippen molar-refractivity contribution >= 4 is 17.3 Å². The zero-order valence-corrected chi connectivity index (χ0v) is 9.57. The van der Waals surface area contributed by atoms with Crippen molar-refractivity contribution in [2.45, 2.75) is 19.3 Å². The molecule has 3 rings (SSSR count). The van der Waals surface area contributed by atoms with Crippen LogP contribution in [-0.2, 0) is 11.2 Å². The number of hydrogen-bond acceptors (Lipinski definition) is 2. The van der Waals surface area contributed by atoms with Gasteiger partial charge < -0.3 is 5.32 Å². The zero-order valence-electron chi connectivity index (χ0n) is 9.57. The first-order chi connectivity index (χ1) is 8.24. The molecule has 2 heterocycles. The second-order valence-corrected chi connectivity index (χ2v) is 4.59. The molecule has 3 heteroatoms. The Kier molecular flexibility index (Phi) is 2.32. The second-order valence-electron chi connectivity index (χ2n) is 4.59. The molecule has 17 heavy (non-hydrogen) atoms. The van der Waals surface area contributed by atoms with Crippen molar-refractivity contribution in [1.29, 1.82) is 0 Å². The molecule has 1 amide bonds. The molecular formula is C14H14N2O. The molecule has 1 aromatic carbocycles. The average molecular weight is 226 g/mol. The molecule has 0 saturated carbocycles. The first-order valence-corrected chi connectivity index (χ1v) is 5.88. The number of nitrogens with zero attached hydrogens (tertiary/aromatic N) is 1. The average Bonchev–Trinajstić information content (AvgIpc) is 2.72. The van der Waals surface area contributed by atoms with E-state index in [9.17, 15) is 4.79 Å². The topological polar surface area (TPSA) is 41.5 Å². The van der Waals surface area contributed by atoms with Gasteiger partial charge in [-0.25, -0.2) is 0 Å².